The molecule has 0 aliphatic heterocycles. The van der Waals surface area contributed by atoms with Crippen LogP contribution in [0.1, 0.15) is 45.5 Å². The van der Waals surface area contributed by atoms with Crippen molar-refractivity contribution in [2.75, 3.05) is 0 Å². The molecule has 0 spiro atoms. The molecule has 1 aliphatic rings. The van der Waals surface area contributed by atoms with E-state index >= 15 is 0 Å². The summed E-state index contributed by atoms with van der Waals surface area (Å²) < 4.78 is 1.59. The van der Waals surface area contributed by atoms with Gasteiger partial charge >= 0.3 is 5.97 Å². The summed E-state index contributed by atoms with van der Waals surface area (Å²) >= 11 is 1.51. The molecule has 94 valence electrons. The largest absolute Gasteiger partial charge is 0.476 e. The number of thiazole rings is 1. The van der Waals surface area contributed by atoms with Crippen LogP contribution in [0.5, 0.6) is 0 Å². The molecule has 3 rings (SSSR count). The van der Waals surface area contributed by atoms with E-state index in [4.69, 9.17) is 5.11 Å². The molecule has 0 aromatic carbocycles. The number of aryl methyl sites for hydroxylation is 2. The van der Waals surface area contributed by atoms with Crippen LogP contribution in [0.4, 0.5) is 0 Å². The minimum absolute atomic E-state index is 0.0583. The fourth-order valence-electron chi connectivity index (χ4n) is 1.85. The summed E-state index contributed by atoms with van der Waals surface area (Å²) in [5.74, 6) is -0.760. The summed E-state index contributed by atoms with van der Waals surface area (Å²) in [6.07, 6.45) is 1.99. The molecule has 7 heteroatoms. The summed E-state index contributed by atoms with van der Waals surface area (Å²) in [6, 6.07) is 0. The Morgan fingerprint density at radius 2 is 2.17 bits per heavy atom. The number of rotatable bonds is 3. The van der Waals surface area contributed by atoms with Crippen LogP contribution in [0.3, 0.4) is 0 Å². The van der Waals surface area contributed by atoms with Gasteiger partial charge in [-0.15, -0.1) is 5.10 Å². The SMILES string of the molecule is Cc1nc(-n2nnc(C(=O)O)c2C2CC2)sc1C. The Morgan fingerprint density at radius 3 is 2.67 bits per heavy atom. The molecule has 2 aromatic heterocycles. The molecule has 1 aliphatic carbocycles. The first-order valence-corrected chi connectivity index (χ1v) is 6.53. The standard InChI is InChI=1S/C11H12N4O2S/c1-5-6(2)18-11(12-5)15-9(7-3-4-7)8(10(16)17)13-14-15/h7H,3-4H2,1-2H3,(H,16,17). The third kappa shape index (κ3) is 1.71. The molecule has 0 saturated heterocycles. The number of aromatic nitrogens is 4. The average molecular weight is 264 g/mol. The topological polar surface area (TPSA) is 80.9 Å². The van der Waals surface area contributed by atoms with E-state index in [1.54, 1.807) is 4.68 Å². The van der Waals surface area contributed by atoms with Gasteiger partial charge in [-0.05, 0) is 26.7 Å². The van der Waals surface area contributed by atoms with Gasteiger partial charge in [0.1, 0.15) is 0 Å². The summed E-state index contributed by atoms with van der Waals surface area (Å²) in [5, 5.41) is 17.6. The maximum Gasteiger partial charge on any atom is 0.358 e. The van der Waals surface area contributed by atoms with Gasteiger partial charge in [-0.25, -0.2) is 9.78 Å². The van der Waals surface area contributed by atoms with Crippen molar-refractivity contribution >= 4 is 17.3 Å². The van der Waals surface area contributed by atoms with E-state index in [-0.39, 0.29) is 11.6 Å². The monoisotopic (exact) mass is 264 g/mol. The van der Waals surface area contributed by atoms with Crippen LogP contribution in [0.25, 0.3) is 5.13 Å². The van der Waals surface area contributed by atoms with E-state index in [0.717, 1.165) is 23.4 Å². The van der Waals surface area contributed by atoms with Crippen molar-refractivity contribution in [3.8, 4) is 5.13 Å². The Morgan fingerprint density at radius 1 is 1.44 bits per heavy atom. The Bertz CT molecular complexity index is 608. The summed E-state index contributed by atoms with van der Waals surface area (Å²) in [7, 11) is 0. The Hall–Kier alpha value is -1.76. The zero-order valence-corrected chi connectivity index (χ0v) is 10.9. The number of carbonyl (C=O) groups is 1. The second-order valence-corrected chi connectivity index (χ2v) is 5.63. The van der Waals surface area contributed by atoms with Gasteiger partial charge in [0.2, 0.25) is 5.13 Å². The molecule has 1 N–H and O–H groups in total. The van der Waals surface area contributed by atoms with Gasteiger partial charge in [0.05, 0.1) is 11.4 Å². The van der Waals surface area contributed by atoms with Crippen molar-refractivity contribution in [1.82, 2.24) is 20.0 Å². The van der Waals surface area contributed by atoms with Crippen molar-refractivity contribution in [3.63, 3.8) is 0 Å². The normalized spacial score (nSPS) is 15.0. The first-order chi connectivity index (χ1) is 8.58. The van der Waals surface area contributed by atoms with Crippen LogP contribution in [-0.2, 0) is 0 Å². The fourth-order valence-corrected chi connectivity index (χ4v) is 2.72. The van der Waals surface area contributed by atoms with Crippen LogP contribution in [0.15, 0.2) is 0 Å². The lowest BCUT2D eigenvalue weighted by molar-refractivity contribution is 0.0689. The molecule has 1 saturated carbocycles. The highest BCUT2D eigenvalue weighted by atomic mass is 32.1. The fraction of sp³-hybridized carbons (Fsp3) is 0.455. The van der Waals surface area contributed by atoms with Gasteiger partial charge in [-0.3, -0.25) is 0 Å². The summed E-state index contributed by atoms with van der Waals surface area (Å²) in [6.45, 7) is 3.92. The molecule has 0 radical (unpaired) electrons. The van der Waals surface area contributed by atoms with E-state index < -0.39 is 5.97 Å². The molecule has 2 heterocycles. The minimum Gasteiger partial charge on any atom is -0.476 e. The van der Waals surface area contributed by atoms with E-state index in [0.29, 0.717) is 10.8 Å². The quantitative estimate of drug-likeness (QED) is 0.915. The zero-order chi connectivity index (χ0) is 12.9. The lowest BCUT2D eigenvalue weighted by Gasteiger charge is -2.01. The van der Waals surface area contributed by atoms with Gasteiger partial charge < -0.3 is 5.11 Å². The third-order valence-corrected chi connectivity index (χ3v) is 4.12. The number of carboxylic acid groups (broad SMARTS) is 1. The van der Waals surface area contributed by atoms with Gasteiger partial charge in [0.15, 0.2) is 5.69 Å². The van der Waals surface area contributed by atoms with Gasteiger partial charge in [-0.2, -0.15) is 4.68 Å². The number of carboxylic acids is 1. The van der Waals surface area contributed by atoms with E-state index in [1.165, 1.54) is 11.3 Å². The van der Waals surface area contributed by atoms with Gasteiger partial charge in [-0.1, -0.05) is 16.6 Å². The van der Waals surface area contributed by atoms with Crippen LogP contribution >= 0.6 is 11.3 Å². The second-order valence-electron chi connectivity index (χ2n) is 4.45. The molecule has 0 amide bonds. The van der Waals surface area contributed by atoms with Crippen molar-refractivity contribution in [3.05, 3.63) is 22.0 Å². The minimum atomic E-state index is -1.02. The lowest BCUT2D eigenvalue weighted by atomic mass is 10.2. The van der Waals surface area contributed by atoms with E-state index in [2.05, 4.69) is 15.3 Å². The first-order valence-electron chi connectivity index (χ1n) is 5.71. The first kappa shape index (κ1) is 11.3. The predicted molar refractivity (Wildman–Crippen MR) is 65.4 cm³/mol. The Kier molecular flexibility index (Phi) is 2.44. The van der Waals surface area contributed by atoms with Crippen LogP contribution < -0.4 is 0 Å². The number of hydrogen-bond donors (Lipinski definition) is 1. The number of aromatic carboxylic acids is 1. The van der Waals surface area contributed by atoms with E-state index in [9.17, 15) is 4.79 Å². The second kappa shape index (κ2) is 3.88. The van der Waals surface area contributed by atoms with Crippen molar-refractivity contribution < 1.29 is 9.90 Å². The highest BCUT2D eigenvalue weighted by Crippen LogP contribution is 2.42. The maximum absolute atomic E-state index is 11.1. The lowest BCUT2D eigenvalue weighted by Crippen LogP contribution is -2.05. The molecule has 0 atom stereocenters. The van der Waals surface area contributed by atoms with Crippen LogP contribution in [-0.4, -0.2) is 31.1 Å². The highest BCUT2D eigenvalue weighted by molar-refractivity contribution is 7.14. The summed E-state index contributed by atoms with van der Waals surface area (Å²) in [4.78, 5) is 16.7. The highest BCUT2D eigenvalue weighted by Gasteiger charge is 2.34. The number of nitrogens with zero attached hydrogens (tertiary/aromatic N) is 4. The molecule has 18 heavy (non-hydrogen) atoms. The molecular weight excluding hydrogens is 252 g/mol. The Labute approximate surface area is 107 Å². The summed E-state index contributed by atoms with van der Waals surface area (Å²) in [5.41, 5.74) is 1.70. The molecule has 0 bridgehead atoms. The zero-order valence-electron chi connectivity index (χ0n) is 10.0. The van der Waals surface area contributed by atoms with E-state index in [1.807, 2.05) is 13.8 Å². The van der Waals surface area contributed by atoms with Crippen LogP contribution in [0, 0.1) is 13.8 Å². The molecule has 2 aromatic rings. The number of hydrogen-bond acceptors (Lipinski definition) is 5. The smallest absolute Gasteiger partial charge is 0.358 e. The molecule has 6 nitrogen and oxygen atoms in total. The molecule has 1 fully saturated rings. The van der Waals surface area contributed by atoms with Gasteiger partial charge in [0, 0.05) is 10.8 Å². The predicted octanol–water partition coefficient (Wildman–Crippen LogP) is 1.92. The van der Waals surface area contributed by atoms with Crippen molar-refractivity contribution in [2.45, 2.75) is 32.6 Å². The average Bonchev–Trinajstić information content (AvgIpc) is 2.96. The van der Waals surface area contributed by atoms with Crippen LogP contribution in [0.2, 0.25) is 0 Å². The maximum atomic E-state index is 11.1. The van der Waals surface area contributed by atoms with Crippen molar-refractivity contribution in [2.24, 2.45) is 0 Å². The van der Waals surface area contributed by atoms with Crippen molar-refractivity contribution in [1.29, 1.82) is 0 Å². The van der Waals surface area contributed by atoms with Gasteiger partial charge in [0.25, 0.3) is 0 Å². The Balaban J connectivity index is 2.14. The molecular formula is C11H12N4O2S. The molecule has 0 unspecified atom stereocenters. The third-order valence-electron chi connectivity index (χ3n) is 3.07.